The van der Waals surface area contributed by atoms with E-state index in [1.807, 2.05) is 0 Å². The van der Waals surface area contributed by atoms with Gasteiger partial charge in [-0.25, -0.2) is 4.79 Å². The van der Waals surface area contributed by atoms with E-state index >= 15 is 0 Å². The zero-order valence-corrected chi connectivity index (χ0v) is 18.0. The van der Waals surface area contributed by atoms with Crippen LogP contribution >= 0.6 is 27.3 Å². The topological polar surface area (TPSA) is 116 Å². The van der Waals surface area contributed by atoms with Gasteiger partial charge in [-0.1, -0.05) is 0 Å². The molecule has 0 radical (unpaired) electrons. The molecular weight excluding hydrogens is 452 g/mol. The van der Waals surface area contributed by atoms with E-state index in [0.29, 0.717) is 16.3 Å². The molecule has 1 amide bonds. The van der Waals surface area contributed by atoms with Crippen molar-refractivity contribution in [2.75, 3.05) is 11.9 Å². The Morgan fingerprint density at radius 1 is 1.46 bits per heavy atom. The van der Waals surface area contributed by atoms with Crippen LogP contribution in [0.4, 0.5) is 10.8 Å². The lowest BCUT2D eigenvalue weighted by molar-refractivity contribution is -0.390. The Balaban J connectivity index is 1.89. The van der Waals surface area contributed by atoms with Crippen LogP contribution in [0.1, 0.15) is 52.8 Å². The predicted octanol–water partition coefficient (Wildman–Crippen LogP) is 3.79. The number of carbonyl (C=O) groups is 2. The second kappa shape index (κ2) is 8.00. The molecule has 28 heavy (non-hydrogen) atoms. The number of aromatic nitrogens is 2. The number of anilines is 1. The lowest BCUT2D eigenvalue weighted by Gasteiger charge is -2.12. The molecular formula is C17H19BrN4O5S. The summed E-state index contributed by atoms with van der Waals surface area (Å²) in [6.45, 7) is 5.21. The fraction of sp³-hybridized carbons (Fsp3) is 0.471. The molecule has 0 fully saturated rings. The second-order valence-electron chi connectivity index (χ2n) is 6.37. The largest absolute Gasteiger partial charge is 0.462 e. The number of hydrogen-bond donors (Lipinski definition) is 1. The molecule has 1 aliphatic rings. The van der Waals surface area contributed by atoms with Gasteiger partial charge in [-0.15, -0.1) is 11.3 Å². The summed E-state index contributed by atoms with van der Waals surface area (Å²) in [5.41, 5.74) is 1.83. The van der Waals surface area contributed by atoms with Gasteiger partial charge in [0.05, 0.1) is 23.0 Å². The van der Waals surface area contributed by atoms with Crippen molar-refractivity contribution in [3.8, 4) is 0 Å². The highest BCUT2D eigenvalue weighted by molar-refractivity contribution is 9.10. The predicted molar refractivity (Wildman–Crippen MR) is 107 cm³/mol. The third-order valence-electron chi connectivity index (χ3n) is 4.62. The Labute approximate surface area is 173 Å². The van der Waals surface area contributed by atoms with Crippen molar-refractivity contribution in [1.29, 1.82) is 0 Å². The molecule has 2 aromatic rings. The highest BCUT2D eigenvalue weighted by Crippen LogP contribution is 2.40. The van der Waals surface area contributed by atoms with E-state index in [2.05, 4.69) is 26.3 Å². The van der Waals surface area contributed by atoms with E-state index in [4.69, 9.17) is 4.74 Å². The standard InChI is InChI=1S/C17H19BrN4O5S/c1-4-27-17(24)12-10-6-5-7-11(10)28-16(12)19-15(23)9(3)21-8(2)13(18)14(20-21)22(25)26/h9H,4-7H2,1-3H3,(H,19,23)/t9-/m0/s1. The van der Waals surface area contributed by atoms with Crippen LogP contribution in [0.5, 0.6) is 0 Å². The smallest absolute Gasteiger partial charge is 0.404 e. The zero-order chi connectivity index (χ0) is 20.6. The number of fused-ring (bicyclic) bond motifs is 1. The van der Waals surface area contributed by atoms with Crippen molar-refractivity contribution in [2.45, 2.75) is 46.1 Å². The molecule has 0 spiro atoms. The fourth-order valence-electron chi connectivity index (χ4n) is 3.22. The number of nitrogens with zero attached hydrogens (tertiary/aromatic N) is 3. The number of aryl methyl sites for hydroxylation is 1. The first-order valence-electron chi connectivity index (χ1n) is 8.77. The Morgan fingerprint density at radius 2 is 2.18 bits per heavy atom. The molecule has 9 nitrogen and oxygen atoms in total. The maximum absolute atomic E-state index is 12.8. The Hall–Kier alpha value is -2.27. The van der Waals surface area contributed by atoms with Crippen LogP contribution in [-0.2, 0) is 22.4 Å². The van der Waals surface area contributed by atoms with Gasteiger partial charge in [0.25, 0.3) is 5.91 Å². The van der Waals surface area contributed by atoms with Crippen LogP contribution < -0.4 is 5.32 Å². The number of rotatable bonds is 6. The number of carbonyl (C=O) groups excluding carboxylic acids is 2. The highest BCUT2D eigenvalue weighted by atomic mass is 79.9. The van der Waals surface area contributed by atoms with E-state index in [1.165, 1.54) is 16.0 Å². The molecule has 0 saturated heterocycles. The summed E-state index contributed by atoms with van der Waals surface area (Å²) in [6, 6.07) is -0.808. The summed E-state index contributed by atoms with van der Waals surface area (Å²) in [5, 5.41) is 18.3. The van der Waals surface area contributed by atoms with Crippen LogP contribution in [0.25, 0.3) is 0 Å². The van der Waals surface area contributed by atoms with E-state index in [0.717, 1.165) is 29.7 Å². The molecule has 0 aromatic carbocycles. The minimum Gasteiger partial charge on any atom is -0.462 e. The van der Waals surface area contributed by atoms with Gasteiger partial charge in [0.2, 0.25) is 0 Å². The Morgan fingerprint density at radius 3 is 2.79 bits per heavy atom. The fourth-order valence-corrected chi connectivity index (χ4v) is 4.90. The first-order valence-corrected chi connectivity index (χ1v) is 10.4. The number of amides is 1. The molecule has 3 rings (SSSR count). The Kier molecular flexibility index (Phi) is 5.84. The number of ether oxygens (including phenoxy) is 1. The van der Waals surface area contributed by atoms with E-state index in [1.54, 1.807) is 20.8 Å². The van der Waals surface area contributed by atoms with Gasteiger partial charge >= 0.3 is 11.8 Å². The van der Waals surface area contributed by atoms with Crippen molar-refractivity contribution in [3.63, 3.8) is 0 Å². The Bertz CT molecular complexity index is 967. The number of halogens is 1. The van der Waals surface area contributed by atoms with Crippen LogP contribution in [-0.4, -0.2) is 33.2 Å². The number of hydrogen-bond acceptors (Lipinski definition) is 7. The van der Waals surface area contributed by atoms with Gasteiger partial charge < -0.3 is 20.2 Å². The average molecular weight is 471 g/mol. The van der Waals surface area contributed by atoms with Crippen molar-refractivity contribution < 1.29 is 19.2 Å². The molecule has 150 valence electrons. The van der Waals surface area contributed by atoms with Crippen LogP contribution in [0.2, 0.25) is 0 Å². The van der Waals surface area contributed by atoms with E-state index in [-0.39, 0.29) is 16.9 Å². The van der Waals surface area contributed by atoms with Gasteiger partial charge in [0.1, 0.15) is 15.5 Å². The van der Waals surface area contributed by atoms with Crippen molar-refractivity contribution in [1.82, 2.24) is 9.78 Å². The average Bonchev–Trinajstić information content (AvgIpc) is 3.28. The molecule has 1 atom stereocenters. The molecule has 2 heterocycles. The monoisotopic (exact) mass is 470 g/mol. The molecule has 0 bridgehead atoms. The second-order valence-corrected chi connectivity index (χ2v) is 8.27. The highest BCUT2D eigenvalue weighted by Gasteiger charge is 2.32. The summed E-state index contributed by atoms with van der Waals surface area (Å²) in [5.74, 6) is -1.21. The molecule has 1 N–H and O–H groups in total. The zero-order valence-electron chi connectivity index (χ0n) is 15.6. The molecule has 2 aromatic heterocycles. The number of thiophene rings is 1. The summed E-state index contributed by atoms with van der Waals surface area (Å²) in [4.78, 5) is 36.8. The summed E-state index contributed by atoms with van der Waals surface area (Å²) < 4.78 is 6.69. The lowest BCUT2D eigenvalue weighted by atomic mass is 10.1. The molecule has 0 unspecified atom stereocenters. The van der Waals surface area contributed by atoms with E-state index in [9.17, 15) is 19.7 Å². The van der Waals surface area contributed by atoms with Gasteiger partial charge in [-0.05, 0) is 66.5 Å². The van der Waals surface area contributed by atoms with Gasteiger partial charge in [-0.3, -0.25) is 4.79 Å². The number of nitrogens with one attached hydrogen (secondary N) is 1. The van der Waals surface area contributed by atoms with Gasteiger partial charge in [-0.2, -0.15) is 4.68 Å². The summed E-state index contributed by atoms with van der Waals surface area (Å²) >= 11 is 4.53. The number of nitro groups is 1. The minimum absolute atomic E-state index is 0.236. The van der Waals surface area contributed by atoms with Crippen molar-refractivity contribution >= 4 is 50.0 Å². The maximum Gasteiger partial charge on any atom is 0.404 e. The molecule has 1 aliphatic carbocycles. The van der Waals surface area contributed by atoms with E-state index < -0.39 is 22.8 Å². The number of esters is 1. The quantitative estimate of drug-likeness (QED) is 0.389. The van der Waals surface area contributed by atoms with Crippen molar-refractivity contribution in [2.24, 2.45) is 0 Å². The first-order chi connectivity index (χ1) is 13.3. The SMILES string of the molecule is CCOC(=O)c1c(NC(=O)[C@H](C)n2nc([N+](=O)[O-])c(Br)c2C)sc2c1CCC2. The normalized spacial score (nSPS) is 13.9. The molecule has 0 saturated carbocycles. The maximum atomic E-state index is 12.8. The van der Waals surface area contributed by atoms with Crippen LogP contribution in [0.15, 0.2) is 4.47 Å². The minimum atomic E-state index is -0.808. The third-order valence-corrected chi connectivity index (χ3v) is 6.75. The molecule has 0 aliphatic heterocycles. The van der Waals surface area contributed by atoms with Crippen LogP contribution in [0, 0.1) is 17.0 Å². The van der Waals surface area contributed by atoms with Crippen LogP contribution in [0.3, 0.4) is 0 Å². The summed E-state index contributed by atoms with van der Waals surface area (Å²) in [6.07, 6.45) is 2.63. The lowest BCUT2D eigenvalue weighted by Crippen LogP contribution is -2.26. The molecule has 11 heteroatoms. The summed E-state index contributed by atoms with van der Waals surface area (Å²) in [7, 11) is 0. The van der Waals surface area contributed by atoms with Gasteiger partial charge in [0.15, 0.2) is 0 Å². The van der Waals surface area contributed by atoms with Gasteiger partial charge in [0, 0.05) is 4.88 Å². The first kappa shape index (κ1) is 20.5. The third kappa shape index (κ3) is 3.55. The van der Waals surface area contributed by atoms with Crippen molar-refractivity contribution in [3.05, 3.63) is 36.3 Å².